The molecule has 6 nitrogen and oxygen atoms in total. The van der Waals surface area contributed by atoms with Crippen LogP contribution in [0.1, 0.15) is 34.9 Å². The number of nitrogens with zero attached hydrogens (tertiary/aromatic N) is 3. The highest BCUT2D eigenvalue weighted by Gasteiger charge is 2.35. The van der Waals surface area contributed by atoms with Crippen molar-refractivity contribution in [3.05, 3.63) is 40.8 Å². The number of anilines is 1. The molecule has 1 aliphatic carbocycles. The van der Waals surface area contributed by atoms with Gasteiger partial charge < -0.3 is 15.2 Å². The van der Waals surface area contributed by atoms with Gasteiger partial charge in [0.2, 0.25) is 0 Å². The second kappa shape index (κ2) is 6.81. The lowest BCUT2D eigenvalue weighted by atomic mass is 9.75. The van der Waals surface area contributed by atoms with E-state index in [2.05, 4.69) is 34.1 Å². The molecular formula is C19H22N4O2S. The molecule has 0 aliphatic heterocycles. The van der Waals surface area contributed by atoms with Crippen LogP contribution in [0.4, 0.5) is 5.82 Å². The topological polar surface area (TPSA) is 80.2 Å². The molecule has 0 aromatic carbocycles. The lowest BCUT2D eigenvalue weighted by Crippen LogP contribution is -2.36. The third-order valence-corrected chi connectivity index (χ3v) is 6.32. The third-order valence-electron chi connectivity index (χ3n) is 5.21. The lowest BCUT2D eigenvalue weighted by molar-refractivity contribution is 0.0339. The van der Waals surface area contributed by atoms with Crippen molar-refractivity contribution in [2.75, 3.05) is 12.4 Å². The molecule has 0 spiro atoms. The quantitative estimate of drug-likeness (QED) is 0.714. The number of rotatable bonds is 5. The average Bonchev–Trinajstić information content (AvgIpc) is 2.92. The largest absolute Gasteiger partial charge is 0.495 e. The van der Waals surface area contributed by atoms with Crippen molar-refractivity contribution < 1.29 is 9.84 Å². The van der Waals surface area contributed by atoms with Gasteiger partial charge in [-0.2, -0.15) is 0 Å². The van der Waals surface area contributed by atoms with Gasteiger partial charge in [-0.15, -0.1) is 11.3 Å². The van der Waals surface area contributed by atoms with Crippen LogP contribution < -0.4 is 10.1 Å². The highest BCUT2D eigenvalue weighted by molar-refractivity contribution is 7.18. The first-order chi connectivity index (χ1) is 12.6. The molecule has 3 aromatic rings. The standard InChI is InChI=1S/C19H22N4O2S/c1-10-11(2)26-19-16(10)18(21-9-22-19)23-17(12-4-14(24)5-12)13-6-15(25-3)8-20-7-13/h6-9,12,14,17,24H,4-5H2,1-3H3,(H,21,22,23). The van der Waals surface area contributed by atoms with E-state index in [-0.39, 0.29) is 12.1 Å². The summed E-state index contributed by atoms with van der Waals surface area (Å²) in [5.41, 5.74) is 2.25. The van der Waals surface area contributed by atoms with Gasteiger partial charge in [-0.3, -0.25) is 4.98 Å². The molecular weight excluding hydrogens is 348 g/mol. The Morgan fingerprint density at radius 3 is 2.81 bits per heavy atom. The summed E-state index contributed by atoms with van der Waals surface area (Å²) >= 11 is 1.69. The summed E-state index contributed by atoms with van der Waals surface area (Å²) in [6.07, 6.45) is 6.48. The fourth-order valence-electron chi connectivity index (χ4n) is 3.53. The minimum absolute atomic E-state index is 0.0127. The molecule has 3 heterocycles. The van der Waals surface area contributed by atoms with Crippen molar-refractivity contribution in [3.8, 4) is 5.75 Å². The van der Waals surface area contributed by atoms with E-state index in [1.165, 1.54) is 10.4 Å². The van der Waals surface area contributed by atoms with Gasteiger partial charge in [0.25, 0.3) is 0 Å². The first-order valence-corrected chi connectivity index (χ1v) is 9.52. The maximum Gasteiger partial charge on any atom is 0.138 e. The number of methoxy groups -OCH3 is 1. The molecule has 136 valence electrons. The van der Waals surface area contributed by atoms with E-state index in [1.54, 1.807) is 31.0 Å². The molecule has 2 N–H and O–H groups in total. The Bertz CT molecular complexity index is 936. The number of aliphatic hydroxyl groups excluding tert-OH is 1. The minimum Gasteiger partial charge on any atom is -0.495 e. The summed E-state index contributed by atoms with van der Waals surface area (Å²) in [6.45, 7) is 4.22. The smallest absolute Gasteiger partial charge is 0.138 e. The molecule has 1 aliphatic rings. The average molecular weight is 370 g/mol. The zero-order valence-corrected chi connectivity index (χ0v) is 15.9. The molecule has 0 radical (unpaired) electrons. The Kier molecular flexibility index (Phi) is 4.50. The monoisotopic (exact) mass is 370 g/mol. The number of aryl methyl sites for hydroxylation is 2. The van der Waals surface area contributed by atoms with Crippen LogP contribution in [0.25, 0.3) is 10.2 Å². The predicted molar refractivity (Wildman–Crippen MR) is 103 cm³/mol. The molecule has 26 heavy (non-hydrogen) atoms. The molecule has 1 saturated carbocycles. The second-order valence-corrected chi connectivity index (χ2v) is 8.05. The van der Waals surface area contributed by atoms with Crippen LogP contribution in [-0.4, -0.2) is 33.3 Å². The first kappa shape index (κ1) is 17.2. The first-order valence-electron chi connectivity index (χ1n) is 8.71. The van der Waals surface area contributed by atoms with Crippen LogP contribution in [0.3, 0.4) is 0 Å². The van der Waals surface area contributed by atoms with Gasteiger partial charge in [0.05, 0.1) is 30.8 Å². The molecule has 0 amide bonds. The Morgan fingerprint density at radius 2 is 2.08 bits per heavy atom. The molecule has 7 heteroatoms. The van der Waals surface area contributed by atoms with E-state index >= 15 is 0 Å². The molecule has 0 saturated heterocycles. The van der Waals surface area contributed by atoms with Gasteiger partial charge in [0.1, 0.15) is 22.7 Å². The van der Waals surface area contributed by atoms with Crippen molar-refractivity contribution >= 4 is 27.4 Å². The maximum atomic E-state index is 9.81. The van der Waals surface area contributed by atoms with Crippen LogP contribution >= 0.6 is 11.3 Å². The van der Waals surface area contributed by atoms with E-state index < -0.39 is 0 Å². The molecule has 4 rings (SSSR count). The Balaban J connectivity index is 1.74. The molecule has 0 bridgehead atoms. The number of aliphatic hydroxyl groups is 1. The van der Waals surface area contributed by atoms with E-state index in [0.717, 1.165) is 40.2 Å². The number of pyridine rings is 1. The van der Waals surface area contributed by atoms with Crippen molar-refractivity contribution in [1.29, 1.82) is 0 Å². The zero-order valence-electron chi connectivity index (χ0n) is 15.1. The van der Waals surface area contributed by atoms with Crippen LogP contribution in [-0.2, 0) is 0 Å². The van der Waals surface area contributed by atoms with Gasteiger partial charge in [-0.05, 0) is 49.8 Å². The van der Waals surface area contributed by atoms with Crippen LogP contribution in [0.5, 0.6) is 5.75 Å². The van der Waals surface area contributed by atoms with Crippen LogP contribution in [0.2, 0.25) is 0 Å². The highest BCUT2D eigenvalue weighted by Crippen LogP contribution is 2.42. The fourth-order valence-corrected chi connectivity index (χ4v) is 4.53. The maximum absolute atomic E-state index is 9.81. The van der Waals surface area contributed by atoms with Crippen LogP contribution in [0.15, 0.2) is 24.8 Å². The zero-order chi connectivity index (χ0) is 18.3. The second-order valence-electron chi connectivity index (χ2n) is 6.85. The SMILES string of the molecule is COc1cncc(C(Nc2ncnc3sc(C)c(C)c23)C2CC(O)C2)c1. The molecule has 1 fully saturated rings. The number of hydrogen-bond acceptors (Lipinski definition) is 7. The summed E-state index contributed by atoms with van der Waals surface area (Å²) in [5.74, 6) is 1.89. The van der Waals surface area contributed by atoms with Gasteiger partial charge >= 0.3 is 0 Å². The van der Waals surface area contributed by atoms with Crippen molar-refractivity contribution in [2.24, 2.45) is 5.92 Å². The van der Waals surface area contributed by atoms with Crippen LogP contribution in [0, 0.1) is 19.8 Å². The number of hydrogen-bond donors (Lipinski definition) is 2. The Morgan fingerprint density at radius 1 is 1.27 bits per heavy atom. The molecule has 1 unspecified atom stereocenters. The summed E-state index contributed by atoms with van der Waals surface area (Å²) in [5, 5.41) is 14.5. The van der Waals surface area contributed by atoms with Crippen molar-refractivity contribution in [3.63, 3.8) is 0 Å². The third kappa shape index (κ3) is 3.01. The summed E-state index contributed by atoms with van der Waals surface area (Å²) in [4.78, 5) is 15.5. The normalized spacial score (nSPS) is 20.6. The van der Waals surface area contributed by atoms with Gasteiger partial charge in [0.15, 0.2) is 0 Å². The minimum atomic E-state index is -0.224. The fraction of sp³-hybridized carbons (Fsp3) is 0.421. The lowest BCUT2D eigenvalue weighted by Gasteiger charge is -2.38. The Labute approximate surface area is 156 Å². The molecule has 1 atom stereocenters. The van der Waals surface area contributed by atoms with E-state index in [9.17, 15) is 5.11 Å². The van der Waals surface area contributed by atoms with E-state index in [4.69, 9.17) is 4.74 Å². The van der Waals surface area contributed by atoms with Crippen molar-refractivity contribution in [2.45, 2.75) is 38.8 Å². The van der Waals surface area contributed by atoms with Gasteiger partial charge in [-0.25, -0.2) is 9.97 Å². The van der Waals surface area contributed by atoms with Gasteiger partial charge in [-0.1, -0.05) is 0 Å². The number of ether oxygens (including phenoxy) is 1. The van der Waals surface area contributed by atoms with Gasteiger partial charge in [0, 0.05) is 11.1 Å². The summed E-state index contributed by atoms with van der Waals surface area (Å²) in [6, 6.07) is 2.01. The summed E-state index contributed by atoms with van der Waals surface area (Å²) in [7, 11) is 1.64. The number of aromatic nitrogens is 3. The predicted octanol–water partition coefficient (Wildman–Crippen LogP) is 3.64. The Hall–Kier alpha value is -2.25. The number of fused-ring (bicyclic) bond motifs is 1. The number of nitrogens with one attached hydrogen (secondary N) is 1. The highest BCUT2D eigenvalue weighted by atomic mass is 32.1. The van der Waals surface area contributed by atoms with Crippen molar-refractivity contribution in [1.82, 2.24) is 15.0 Å². The number of thiophene rings is 1. The van der Waals surface area contributed by atoms with E-state index in [1.807, 2.05) is 12.3 Å². The molecule has 3 aromatic heterocycles. The van der Waals surface area contributed by atoms with E-state index in [0.29, 0.717) is 5.92 Å². The summed E-state index contributed by atoms with van der Waals surface area (Å²) < 4.78 is 5.34.